The highest BCUT2D eigenvalue weighted by Gasteiger charge is 2.10. The second-order valence-electron chi connectivity index (χ2n) is 3.26. The predicted octanol–water partition coefficient (Wildman–Crippen LogP) is 3.63. The lowest BCUT2D eigenvalue weighted by atomic mass is 10.1. The Morgan fingerprint density at radius 2 is 2.00 bits per heavy atom. The van der Waals surface area contributed by atoms with Crippen LogP contribution in [0.1, 0.15) is 0 Å². The molecule has 0 bridgehead atoms. The molecule has 1 aromatic heterocycles. The Kier molecular flexibility index (Phi) is 3.45. The maximum absolute atomic E-state index is 13.4. The van der Waals surface area contributed by atoms with Gasteiger partial charge in [0.1, 0.15) is 5.82 Å². The van der Waals surface area contributed by atoms with Gasteiger partial charge in [0, 0.05) is 18.8 Å². The monoisotopic (exact) mass is 271 g/mol. The lowest BCUT2D eigenvalue weighted by molar-refractivity contribution is 0.628. The molecule has 17 heavy (non-hydrogen) atoms. The fraction of sp³-hybridized carbons (Fsp3) is 0.0909. The van der Waals surface area contributed by atoms with Gasteiger partial charge in [0.2, 0.25) is 5.95 Å². The van der Waals surface area contributed by atoms with Crippen LogP contribution >= 0.6 is 23.2 Å². The lowest BCUT2D eigenvalue weighted by Gasteiger charge is -2.06. The fourth-order valence-electron chi connectivity index (χ4n) is 1.35. The summed E-state index contributed by atoms with van der Waals surface area (Å²) in [5, 5.41) is 3.13. The van der Waals surface area contributed by atoms with Gasteiger partial charge in [-0.3, -0.25) is 0 Å². The number of anilines is 1. The van der Waals surface area contributed by atoms with Gasteiger partial charge in [-0.15, -0.1) is 0 Å². The molecule has 0 fully saturated rings. The zero-order valence-corrected chi connectivity index (χ0v) is 10.3. The van der Waals surface area contributed by atoms with E-state index < -0.39 is 5.82 Å². The Morgan fingerprint density at radius 3 is 2.71 bits per heavy atom. The number of hydrogen-bond donors (Lipinski definition) is 1. The predicted molar refractivity (Wildman–Crippen MR) is 67.0 cm³/mol. The van der Waals surface area contributed by atoms with Crippen molar-refractivity contribution in [3.8, 4) is 11.3 Å². The Balaban J connectivity index is 2.56. The number of hydrogen-bond acceptors (Lipinski definition) is 3. The molecule has 0 saturated carbocycles. The van der Waals surface area contributed by atoms with Gasteiger partial charge in [0.15, 0.2) is 0 Å². The van der Waals surface area contributed by atoms with Crippen LogP contribution in [0.4, 0.5) is 10.3 Å². The average molecular weight is 272 g/mol. The topological polar surface area (TPSA) is 37.8 Å². The van der Waals surface area contributed by atoms with Gasteiger partial charge in [0.25, 0.3) is 0 Å². The Labute approximate surface area is 108 Å². The summed E-state index contributed by atoms with van der Waals surface area (Å²) < 4.78 is 13.4. The maximum atomic E-state index is 13.4. The molecule has 0 unspecified atom stereocenters. The van der Waals surface area contributed by atoms with Gasteiger partial charge in [0.05, 0.1) is 15.7 Å². The van der Waals surface area contributed by atoms with E-state index in [9.17, 15) is 4.39 Å². The Morgan fingerprint density at radius 1 is 1.24 bits per heavy atom. The van der Waals surface area contributed by atoms with Crippen LogP contribution in [0, 0.1) is 5.82 Å². The van der Waals surface area contributed by atoms with Crippen LogP contribution in [0.25, 0.3) is 11.3 Å². The van der Waals surface area contributed by atoms with Gasteiger partial charge in [-0.2, -0.15) is 0 Å². The van der Waals surface area contributed by atoms with Crippen molar-refractivity contribution in [3.05, 3.63) is 40.3 Å². The standard InChI is InChI=1S/C11H8Cl2FN3/c1-15-11-16-3-2-10(17-11)6-4-9(14)8(13)5-7(6)12/h2-5H,1H3,(H,15,16,17). The molecule has 1 N–H and O–H groups in total. The first kappa shape index (κ1) is 12.1. The first-order valence-corrected chi connectivity index (χ1v) is 5.53. The SMILES string of the molecule is CNc1nccc(-c2cc(F)c(Cl)cc2Cl)n1. The zero-order valence-electron chi connectivity index (χ0n) is 8.84. The van der Waals surface area contributed by atoms with Crippen LogP contribution in [0.15, 0.2) is 24.4 Å². The van der Waals surface area contributed by atoms with Crippen molar-refractivity contribution in [1.82, 2.24) is 9.97 Å². The second-order valence-corrected chi connectivity index (χ2v) is 4.08. The number of aromatic nitrogens is 2. The Hall–Kier alpha value is -1.39. The largest absolute Gasteiger partial charge is 0.357 e. The summed E-state index contributed by atoms with van der Waals surface area (Å²) in [5.41, 5.74) is 1.01. The van der Waals surface area contributed by atoms with Crippen molar-refractivity contribution in [1.29, 1.82) is 0 Å². The van der Waals surface area contributed by atoms with Crippen LogP contribution in [0.2, 0.25) is 10.0 Å². The normalized spacial score (nSPS) is 10.4. The van der Waals surface area contributed by atoms with Crippen molar-refractivity contribution in [3.63, 3.8) is 0 Å². The molecule has 3 nitrogen and oxygen atoms in total. The molecule has 0 aliphatic carbocycles. The van der Waals surface area contributed by atoms with E-state index in [4.69, 9.17) is 23.2 Å². The van der Waals surface area contributed by atoms with E-state index in [1.165, 1.54) is 12.1 Å². The maximum Gasteiger partial charge on any atom is 0.222 e. The van der Waals surface area contributed by atoms with Crippen molar-refractivity contribution in [2.45, 2.75) is 0 Å². The first-order chi connectivity index (χ1) is 8.11. The van der Waals surface area contributed by atoms with Gasteiger partial charge >= 0.3 is 0 Å². The number of halogens is 3. The quantitative estimate of drug-likeness (QED) is 0.848. The molecular formula is C11H8Cl2FN3. The minimum atomic E-state index is -0.532. The van der Waals surface area contributed by atoms with E-state index in [1.807, 2.05) is 0 Å². The fourth-order valence-corrected chi connectivity index (χ4v) is 1.83. The number of rotatable bonds is 2. The highest BCUT2D eigenvalue weighted by Crippen LogP contribution is 2.31. The summed E-state index contributed by atoms with van der Waals surface area (Å²) in [5.74, 6) is -0.0930. The first-order valence-electron chi connectivity index (χ1n) is 4.77. The molecule has 0 saturated heterocycles. The van der Waals surface area contributed by atoms with Crippen molar-refractivity contribution in [2.24, 2.45) is 0 Å². The summed E-state index contributed by atoms with van der Waals surface area (Å²) in [6.45, 7) is 0. The van der Waals surface area contributed by atoms with Crippen LogP contribution in [-0.4, -0.2) is 17.0 Å². The van der Waals surface area contributed by atoms with Gasteiger partial charge in [-0.05, 0) is 18.2 Å². The van der Waals surface area contributed by atoms with Gasteiger partial charge in [-0.1, -0.05) is 23.2 Å². The molecule has 1 heterocycles. The summed E-state index contributed by atoms with van der Waals surface area (Å²) >= 11 is 11.6. The summed E-state index contributed by atoms with van der Waals surface area (Å²) in [7, 11) is 1.70. The molecule has 1 aromatic carbocycles. The average Bonchev–Trinajstić information content (AvgIpc) is 2.34. The summed E-state index contributed by atoms with van der Waals surface area (Å²) in [6.07, 6.45) is 1.57. The van der Waals surface area contributed by atoms with Crippen molar-refractivity contribution >= 4 is 29.2 Å². The highest BCUT2D eigenvalue weighted by atomic mass is 35.5. The molecular weight excluding hydrogens is 264 g/mol. The number of benzene rings is 1. The van der Waals surface area contributed by atoms with Crippen LogP contribution in [-0.2, 0) is 0 Å². The third kappa shape index (κ3) is 2.48. The molecule has 0 atom stereocenters. The molecule has 0 aliphatic heterocycles. The van der Waals surface area contributed by atoms with Crippen LogP contribution in [0.5, 0.6) is 0 Å². The molecule has 0 aliphatic rings. The molecule has 0 radical (unpaired) electrons. The highest BCUT2D eigenvalue weighted by molar-refractivity contribution is 6.36. The van der Waals surface area contributed by atoms with Crippen LogP contribution in [0.3, 0.4) is 0 Å². The Bertz CT molecular complexity index is 560. The van der Waals surface area contributed by atoms with E-state index >= 15 is 0 Å². The minimum absolute atomic E-state index is 0.0124. The number of nitrogens with one attached hydrogen (secondary N) is 1. The van der Waals surface area contributed by atoms with E-state index in [1.54, 1.807) is 19.3 Å². The van der Waals surface area contributed by atoms with E-state index in [2.05, 4.69) is 15.3 Å². The van der Waals surface area contributed by atoms with Gasteiger partial charge < -0.3 is 5.32 Å². The summed E-state index contributed by atoms with van der Waals surface area (Å²) in [4.78, 5) is 8.14. The van der Waals surface area contributed by atoms with Crippen molar-refractivity contribution in [2.75, 3.05) is 12.4 Å². The second kappa shape index (κ2) is 4.85. The van der Waals surface area contributed by atoms with Crippen LogP contribution < -0.4 is 5.32 Å². The third-order valence-corrected chi connectivity index (χ3v) is 2.77. The van der Waals surface area contributed by atoms with E-state index in [0.717, 1.165) is 0 Å². The minimum Gasteiger partial charge on any atom is -0.357 e. The smallest absolute Gasteiger partial charge is 0.222 e. The van der Waals surface area contributed by atoms with Crippen molar-refractivity contribution < 1.29 is 4.39 Å². The molecule has 88 valence electrons. The molecule has 6 heteroatoms. The molecule has 2 aromatic rings. The third-order valence-electron chi connectivity index (χ3n) is 2.17. The number of nitrogens with zero attached hydrogens (tertiary/aromatic N) is 2. The lowest BCUT2D eigenvalue weighted by Crippen LogP contribution is -1.97. The molecule has 0 amide bonds. The zero-order chi connectivity index (χ0) is 12.4. The van der Waals surface area contributed by atoms with Gasteiger partial charge in [-0.25, -0.2) is 14.4 Å². The van der Waals surface area contributed by atoms with E-state index in [0.29, 0.717) is 22.2 Å². The summed E-state index contributed by atoms with van der Waals surface area (Å²) in [6, 6.07) is 4.26. The van der Waals surface area contributed by atoms with E-state index in [-0.39, 0.29) is 5.02 Å². The molecule has 0 spiro atoms. The molecule has 2 rings (SSSR count).